The monoisotopic (exact) mass is 324 g/mol. The Morgan fingerprint density at radius 3 is 2.52 bits per heavy atom. The highest BCUT2D eigenvalue weighted by atomic mass is 35.5. The number of nitrogens with zero attached hydrogens (tertiary/aromatic N) is 1. The smallest absolute Gasteiger partial charge is 0.225 e. The van der Waals surface area contributed by atoms with E-state index < -0.39 is 9.84 Å². The third kappa shape index (κ3) is 4.54. The molecule has 0 saturated carbocycles. The highest BCUT2D eigenvalue weighted by molar-refractivity contribution is 7.91. The summed E-state index contributed by atoms with van der Waals surface area (Å²) in [7, 11) is -3.50. The SMILES string of the molecule is O=C(CCS(=O)(=O)c1ccc(Cl)cc1)Nc1cccnc1. The van der Waals surface area contributed by atoms with Gasteiger partial charge in [0.2, 0.25) is 5.91 Å². The molecule has 1 aromatic heterocycles. The number of halogens is 1. The maximum atomic E-state index is 12.1. The van der Waals surface area contributed by atoms with E-state index in [2.05, 4.69) is 10.3 Å². The van der Waals surface area contributed by atoms with Gasteiger partial charge in [0.15, 0.2) is 9.84 Å². The molecule has 2 aromatic rings. The minimum absolute atomic E-state index is 0.125. The van der Waals surface area contributed by atoms with Crippen molar-refractivity contribution in [1.82, 2.24) is 4.98 Å². The number of rotatable bonds is 5. The Bertz CT molecular complexity index is 716. The average Bonchev–Trinajstić information content (AvgIpc) is 2.47. The molecule has 2 rings (SSSR count). The van der Waals surface area contributed by atoms with Crippen LogP contribution in [-0.4, -0.2) is 25.1 Å². The van der Waals surface area contributed by atoms with Crippen molar-refractivity contribution >= 4 is 33.0 Å². The molecule has 7 heteroatoms. The zero-order valence-corrected chi connectivity index (χ0v) is 12.6. The van der Waals surface area contributed by atoms with Gasteiger partial charge in [-0.15, -0.1) is 0 Å². The van der Waals surface area contributed by atoms with E-state index in [9.17, 15) is 13.2 Å². The molecule has 1 N–H and O–H groups in total. The lowest BCUT2D eigenvalue weighted by atomic mass is 10.4. The van der Waals surface area contributed by atoms with E-state index in [1.165, 1.54) is 30.5 Å². The predicted octanol–water partition coefficient (Wildman–Crippen LogP) is 2.54. The number of nitrogens with one attached hydrogen (secondary N) is 1. The molecule has 0 fully saturated rings. The highest BCUT2D eigenvalue weighted by Gasteiger charge is 2.16. The van der Waals surface area contributed by atoms with Crippen LogP contribution in [0.15, 0.2) is 53.7 Å². The van der Waals surface area contributed by atoms with E-state index in [0.29, 0.717) is 10.7 Å². The lowest BCUT2D eigenvalue weighted by Gasteiger charge is -2.06. The molecule has 0 aliphatic carbocycles. The van der Waals surface area contributed by atoms with Gasteiger partial charge in [0.05, 0.1) is 22.5 Å². The van der Waals surface area contributed by atoms with E-state index in [4.69, 9.17) is 11.6 Å². The van der Waals surface area contributed by atoms with Crippen LogP contribution in [0.4, 0.5) is 5.69 Å². The van der Waals surface area contributed by atoms with Crippen LogP contribution in [0, 0.1) is 0 Å². The van der Waals surface area contributed by atoms with Crippen molar-refractivity contribution < 1.29 is 13.2 Å². The molecule has 0 atom stereocenters. The average molecular weight is 325 g/mol. The largest absolute Gasteiger partial charge is 0.325 e. The van der Waals surface area contributed by atoms with Crippen LogP contribution >= 0.6 is 11.6 Å². The third-order valence-corrected chi connectivity index (χ3v) is 4.70. The van der Waals surface area contributed by atoms with Crippen LogP contribution < -0.4 is 5.32 Å². The van der Waals surface area contributed by atoms with Gasteiger partial charge in [-0.2, -0.15) is 0 Å². The first-order valence-electron chi connectivity index (χ1n) is 6.15. The lowest BCUT2D eigenvalue weighted by molar-refractivity contribution is -0.115. The zero-order valence-electron chi connectivity index (χ0n) is 11.0. The van der Waals surface area contributed by atoms with Crippen LogP contribution in [0.5, 0.6) is 0 Å². The number of anilines is 1. The number of sulfone groups is 1. The van der Waals surface area contributed by atoms with Gasteiger partial charge in [-0.3, -0.25) is 9.78 Å². The standard InChI is InChI=1S/C14H13ClN2O3S/c15-11-3-5-13(6-4-11)21(19,20)9-7-14(18)17-12-2-1-8-16-10-12/h1-6,8,10H,7,9H2,(H,17,18). The number of amides is 1. The summed E-state index contributed by atoms with van der Waals surface area (Å²) in [5.74, 6) is -0.638. The Morgan fingerprint density at radius 2 is 1.90 bits per heavy atom. The van der Waals surface area contributed by atoms with E-state index >= 15 is 0 Å². The second kappa shape index (κ2) is 6.69. The summed E-state index contributed by atoms with van der Waals surface area (Å²) < 4.78 is 24.1. The maximum absolute atomic E-state index is 12.1. The number of pyridine rings is 1. The van der Waals surface area contributed by atoms with E-state index in [1.54, 1.807) is 18.3 Å². The van der Waals surface area contributed by atoms with Gasteiger partial charge in [0.1, 0.15) is 0 Å². The van der Waals surface area contributed by atoms with E-state index in [0.717, 1.165) is 0 Å². The van der Waals surface area contributed by atoms with Crippen LogP contribution in [0.25, 0.3) is 0 Å². The molecule has 0 bridgehead atoms. The van der Waals surface area contributed by atoms with Gasteiger partial charge in [0, 0.05) is 17.6 Å². The van der Waals surface area contributed by atoms with Gasteiger partial charge in [-0.25, -0.2) is 8.42 Å². The van der Waals surface area contributed by atoms with Crippen molar-refractivity contribution in [3.05, 3.63) is 53.8 Å². The molecule has 0 aliphatic rings. The molecule has 110 valence electrons. The first-order valence-corrected chi connectivity index (χ1v) is 8.18. The minimum Gasteiger partial charge on any atom is -0.325 e. The summed E-state index contributed by atoms with van der Waals surface area (Å²) in [6.07, 6.45) is 2.95. The number of carbonyl (C=O) groups is 1. The highest BCUT2D eigenvalue weighted by Crippen LogP contribution is 2.16. The third-order valence-electron chi connectivity index (χ3n) is 2.72. The first-order chi connectivity index (χ1) is 9.97. The Labute approximate surface area is 127 Å². The topological polar surface area (TPSA) is 76.1 Å². The number of benzene rings is 1. The zero-order chi connectivity index (χ0) is 15.3. The molecule has 0 aliphatic heterocycles. The molecule has 5 nitrogen and oxygen atoms in total. The minimum atomic E-state index is -3.50. The summed E-state index contributed by atoms with van der Waals surface area (Å²) in [4.78, 5) is 15.7. The fourth-order valence-corrected chi connectivity index (χ4v) is 3.01. The normalized spacial score (nSPS) is 11.1. The van der Waals surface area contributed by atoms with Crippen molar-refractivity contribution in [3.63, 3.8) is 0 Å². The summed E-state index contributed by atoms with van der Waals surface area (Å²) in [6.45, 7) is 0. The molecule has 0 unspecified atom stereocenters. The van der Waals surface area contributed by atoms with Crippen LogP contribution in [-0.2, 0) is 14.6 Å². The van der Waals surface area contributed by atoms with Gasteiger partial charge >= 0.3 is 0 Å². The first kappa shape index (κ1) is 15.5. The lowest BCUT2D eigenvalue weighted by Crippen LogP contribution is -2.17. The van der Waals surface area contributed by atoms with Crippen LogP contribution in [0.3, 0.4) is 0 Å². The Balaban J connectivity index is 1.95. The Morgan fingerprint density at radius 1 is 1.19 bits per heavy atom. The van der Waals surface area contributed by atoms with E-state index in [-0.39, 0.29) is 23.0 Å². The summed E-state index contributed by atoms with van der Waals surface area (Å²) in [5, 5.41) is 3.05. The number of hydrogen-bond acceptors (Lipinski definition) is 4. The number of carbonyl (C=O) groups excluding carboxylic acids is 1. The molecule has 21 heavy (non-hydrogen) atoms. The Kier molecular flexibility index (Phi) is 4.93. The summed E-state index contributed by atoms with van der Waals surface area (Å²) in [5.41, 5.74) is 0.534. The van der Waals surface area contributed by atoms with Crippen molar-refractivity contribution in [2.75, 3.05) is 11.1 Å². The van der Waals surface area contributed by atoms with Gasteiger partial charge in [-0.05, 0) is 36.4 Å². The van der Waals surface area contributed by atoms with Crippen molar-refractivity contribution in [1.29, 1.82) is 0 Å². The summed E-state index contributed by atoms with van der Waals surface area (Å²) in [6, 6.07) is 9.22. The number of aromatic nitrogens is 1. The molecule has 0 saturated heterocycles. The van der Waals surface area contributed by atoms with Crippen LogP contribution in [0.1, 0.15) is 6.42 Å². The molecule has 0 spiro atoms. The molecule has 1 heterocycles. The number of hydrogen-bond donors (Lipinski definition) is 1. The maximum Gasteiger partial charge on any atom is 0.225 e. The molecular formula is C14H13ClN2O3S. The fraction of sp³-hybridized carbons (Fsp3) is 0.143. The molecule has 1 aromatic carbocycles. The predicted molar refractivity (Wildman–Crippen MR) is 81.0 cm³/mol. The van der Waals surface area contributed by atoms with Gasteiger partial charge in [-0.1, -0.05) is 11.6 Å². The molecule has 1 amide bonds. The van der Waals surface area contributed by atoms with Crippen molar-refractivity contribution in [3.8, 4) is 0 Å². The second-order valence-corrected chi connectivity index (χ2v) is 6.86. The molecular weight excluding hydrogens is 312 g/mol. The Hall–Kier alpha value is -1.92. The van der Waals surface area contributed by atoms with Crippen molar-refractivity contribution in [2.45, 2.75) is 11.3 Å². The van der Waals surface area contributed by atoms with Gasteiger partial charge in [0.25, 0.3) is 0 Å². The second-order valence-electron chi connectivity index (χ2n) is 4.31. The van der Waals surface area contributed by atoms with Crippen LogP contribution in [0.2, 0.25) is 5.02 Å². The summed E-state index contributed by atoms with van der Waals surface area (Å²) >= 11 is 5.71. The molecule has 0 radical (unpaired) electrons. The van der Waals surface area contributed by atoms with Gasteiger partial charge < -0.3 is 5.32 Å². The quantitative estimate of drug-likeness (QED) is 0.917. The fourth-order valence-electron chi connectivity index (χ4n) is 1.65. The van der Waals surface area contributed by atoms with Crippen molar-refractivity contribution in [2.24, 2.45) is 0 Å². The van der Waals surface area contributed by atoms with E-state index in [1.807, 2.05) is 0 Å².